The fraction of sp³-hybridized carbons (Fsp3) is 0.318. The summed E-state index contributed by atoms with van der Waals surface area (Å²) in [6, 6.07) is 11.7. The molecule has 6 nitrogen and oxygen atoms in total. The number of pyridine rings is 1. The fourth-order valence-electron chi connectivity index (χ4n) is 4.24. The number of hydrogen-bond acceptors (Lipinski definition) is 5. The SMILES string of the molecule is Cc1cccc(C2=C(c3ccc4ncnn4c3)OC3(CCC(O)CC3)C2=O)c1. The van der Waals surface area contributed by atoms with Crippen molar-refractivity contribution < 1.29 is 14.6 Å². The Kier molecular flexibility index (Phi) is 3.84. The zero-order valence-electron chi connectivity index (χ0n) is 15.6. The summed E-state index contributed by atoms with van der Waals surface area (Å²) in [5.74, 6) is 0.600. The molecule has 1 aliphatic heterocycles. The maximum Gasteiger partial charge on any atom is 0.210 e. The van der Waals surface area contributed by atoms with E-state index in [4.69, 9.17) is 4.74 Å². The number of aliphatic hydroxyl groups excluding tert-OH is 1. The van der Waals surface area contributed by atoms with Gasteiger partial charge in [-0.05, 0) is 50.3 Å². The second-order valence-corrected chi connectivity index (χ2v) is 7.71. The van der Waals surface area contributed by atoms with Crippen LogP contribution in [0.2, 0.25) is 0 Å². The predicted molar refractivity (Wildman–Crippen MR) is 104 cm³/mol. The lowest BCUT2D eigenvalue weighted by molar-refractivity contribution is -0.132. The van der Waals surface area contributed by atoms with Gasteiger partial charge in [-0.15, -0.1) is 0 Å². The zero-order chi connectivity index (χ0) is 19.3. The third-order valence-electron chi connectivity index (χ3n) is 5.77. The summed E-state index contributed by atoms with van der Waals surface area (Å²) in [7, 11) is 0. The fourth-order valence-corrected chi connectivity index (χ4v) is 4.24. The zero-order valence-corrected chi connectivity index (χ0v) is 15.6. The molecule has 1 fully saturated rings. The van der Waals surface area contributed by atoms with Gasteiger partial charge in [-0.3, -0.25) is 4.79 Å². The molecule has 142 valence electrons. The van der Waals surface area contributed by atoms with Crippen LogP contribution in [-0.2, 0) is 9.53 Å². The number of aliphatic hydroxyl groups is 1. The lowest BCUT2D eigenvalue weighted by Gasteiger charge is -2.34. The van der Waals surface area contributed by atoms with Gasteiger partial charge in [-0.2, -0.15) is 5.10 Å². The summed E-state index contributed by atoms with van der Waals surface area (Å²) in [5, 5.41) is 14.1. The molecule has 1 aliphatic carbocycles. The van der Waals surface area contributed by atoms with Crippen LogP contribution in [0.5, 0.6) is 0 Å². The van der Waals surface area contributed by atoms with Crippen molar-refractivity contribution in [2.75, 3.05) is 0 Å². The number of aromatic nitrogens is 3. The van der Waals surface area contributed by atoms with Crippen molar-refractivity contribution in [2.45, 2.75) is 44.3 Å². The summed E-state index contributed by atoms with van der Waals surface area (Å²) >= 11 is 0. The number of nitrogens with zero attached hydrogens (tertiary/aromatic N) is 3. The quantitative estimate of drug-likeness (QED) is 0.744. The van der Waals surface area contributed by atoms with Crippen LogP contribution in [-0.4, -0.2) is 37.2 Å². The van der Waals surface area contributed by atoms with E-state index in [9.17, 15) is 9.90 Å². The number of fused-ring (bicyclic) bond motifs is 1. The molecule has 1 spiro atoms. The Morgan fingerprint density at radius 2 is 2.00 bits per heavy atom. The van der Waals surface area contributed by atoms with Crippen LogP contribution in [0.1, 0.15) is 42.4 Å². The molecule has 1 N–H and O–H groups in total. The van der Waals surface area contributed by atoms with E-state index < -0.39 is 5.60 Å². The Morgan fingerprint density at radius 3 is 2.79 bits per heavy atom. The molecule has 5 rings (SSSR count). The molecular formula is C22H21N3O3. The van der Waals surface area contributed by atoms with Gasteiger partial charge in [-0.25, -0.2) is 9.50 Å². The molecule has 0 amide bonds. The Labute approximate surface area is 162 Å². The molecule has 1 saturated carbocycles. The Balaban J connectivity index is 1.67. The van der Waals surface area contributed by atoms with Gasteiger partial charge in [-0.1, -0.05) is 29.8 Å². The number of Topliss-reactive ketones (excluding diaryl/α,β-unsaturated/α-hetero) is 1. The van der Waals surface area contributed by atoms with E-state index in [-0.39, 0.29) is 11.9 Å². The first-order chi connectivity index (χ1) is 13.6. The highest BCUT2D eigenvalue weighted by atomic mass is 16.5. The van der Waals surface area contributed by atoms with Crippen molar-refractivity contribution in [3.05, 3.63) is 65.6 Å². The number of aryl methyl sites for hydroxylation is 1. The molecule has 1 aromatic carbocycles. The molecule has 0 radical (unpaired) electrons. The molecule has 0 atom stereocenters. The normalized spacial score (nSPS) is 24.9. The van der Waals surface area contributed by atoms with Crippen LogP contribution in [0.3, 0.4) is 0 Å². The van der Waals surface area contributed by atoms with Crippen LogP contribution >= 0.6 is 0 Å². The number of carbonyl (C=O) groups excluding carboxylic acids is 1. The second-order valence-electron chi connectivity index (χ2n) is 7.71. The number of hydrogen-bond donors (Lipinski definition) is 1. The van der Waals surface area contributed by atoms with Gasteiger partial charge in [0.25, 0.3) is 0 Å². The van der Waals surface area contributed by atoms with E-state index in [1.807, 2.05) is 49.5 Å². The molecular weight excluding hydrogens is 354 g/mol. The van der Waals surface area contributed by atoms with E-state index in [0.29, 0.717) is 37.0 Å². The molecule has 0 saturated heterocycles. The first-order valence-corrected chi connectivity index (χ1v) is 9.59. The van der Waals surface area contributed by atoms with Gasteiger partial charge in [0.05, 0.1) is 11.7 Å². The summed E-state index contributed by atoms with van der Waals surface area (Å²) in [6.07, 6.45) is 5.18. The monoisotopic (exact) mass is 375 g/mol. The topological polar surface area (TPSA) is 76.7 Å². The van der Waals surface area contributed by atoms with Crippen LogP contribution in [0.15, 0.2) is 48.9 Å². The summed E-state index contributed by atoms with van der Waals surface area (Å²) in [5.41, 5.74) is 3.21. The number of carbonyl (C=O) groups is 1. The van der Waals surface area contributed by atoms with E-state index in [1.165, 1.54) is 6.33 Å². The van der Waals surface area contributed by atoms with E-state index in [2.05, 4.69) is 10.1 Å². The minimum absolute atomic E-state index is 0.0127. The minimum Gasteiger partial charge on any atom is -0.478 e. The van der Waals surface area contributed by atoms with E-state index in [1.54, 1.807) is 4.52 Å². The highest BCUT2D eigenvalue weighted by Gasteiger charge is 2.51. The lowest BCUT2D eigenvalue weighted by Crippen LogP contribution is -2.42. The van der Waals surface area contributed by atoms with Gasteiger partial charge in [0.15, 0.2) is 11.2 Å². The molecule has 3 aromatic rings. The molecule has 6 heteroatoms. The number of ether oxygens (including phenoxy) is 1. The Hall–Kier alpha value is -2.99. The summed E-state index contributed by atoms with van der Waals surface area (Å²) in [6.45, 7) is 2.01. The minimum atomic E-state index is -0.884. The van der Waals surface area contributed by atoms with Crippen molar-refractivity contribution >= 4 is 22.8 Å². The molecule has 2 aromatic heterocycles. The summed E-state index contributed by atoms with van der Waals surface area (Å²) < 4.78 is 8.11. The van der Waals surface area contributed by atoms with Gasteiger partial charge in [0.1, 0.15) is 12.1 Å². The highest BCUT2D eigenvalue weighted by molar-refractivity contribution is 6.33. The van der Waals surface area contributed by atoms with Gasteiger partial charge in [0, 0.05) is 11.8 Å². The molecule has 3 heterocycles. The number of benzene rings is 1. The average Bonchev–Trinajstić information content (AvgIpc) is 3.27. The van der Waals surface area contributed by atoms with Gasteiger partial charge >= 0.3 is 0 Å². The summed E-state index contributed by atoms with van der Waals surface area (Å²) in [4.78, 5) is 17.8. The second kappa shape index (κ2) is 6.27. The van der Waals surface area contributed by atoms with Crippen LogP contribution < -0.4 is 0 Å². The predicted octanol–water partition coefficient (Wildman–Crippen LogP) is 3.18. The maximum atomic E-state index is 13.6. The molecule has 28 heavy (non-hydrogen) atoms. The average molecular weight is 375 g/mol. The van der Waals surface area contributed by atoms with E-state index >= 15 is 0 Å². The van der Waals surface area contributed by atoms with E-state index in [0.717, 1.165) is 22.3 Å². The first-order valence-electron chi connectivity index (χ1n) is 9.59. The standard InChI is InChI=1S/C22H21N3O3/c1-14-3-2-4-15(11-14)19-20(16-5-6-18-23-13-24-25(18)12-16)28-22(21(19)27)9-7-17(26)8-10-22/h2-6,11-13,17,26H,7-10H2,1H3. The van der Waals surface area contributed by atoms with Gasteiger partial charge < -0.3 is 9.84 Å². The van der Waals surface area contributed by atoms with Crippen LogP contribution in [0.4, 0.5) is 0 Å². The largest absolute Gasteiger partial charge is 0.478 e. The molecule has 0 unspecified atom stereocenters. The Bertz CT molecular complexity index is 1110. The highest BCUT2D eigenvalue weighted by Crippen LogP contribution is 2.47. The van der Waals surface area contributed by atoms with Crippen molar-refractivity contribution in [3.8, 4) is 0 Å². The van der Waals surface area contributed by atoms with Gasteiger partial charge in [0.2, 0.25) is 5.78 Å². The van der Waals surface area contributed by atoms with Crippen LogP contribution in [0, 0.1) is 6.92 Å². The van der Waals surface area contributed by atoms with Crippen molar-refractivity contribution in [3.63, 3.8) is 0 Å². The third-order valence-corrected chi connectivity index (χ3v) is 5.77. The van der Waals surface area contributed by atoms with Crippen LogP contribution in [0.25, 0.3) is 17.0 Å². The van der Waals surface area contributed by atoms with Crippen molar-refractivity contribution in [2.24, 2.45) is 0 Å². The Morgan fingerprint density at radius 1 is 1.18 bits per heavy atom. The van der Waals surface area contributed by atoms with Crippen molar-refractivity contribution in [1.82, 2.24) is 14.6 Å². The lowest BCUT2D eigenvalue weighted by atomic mass is 9.78. The molecule has 0 bridgehead atoms. The molecule has 2 aliphatic rings. The number of rotatable bonds is 2. The van der Waals surface area contributed by atoms with Crippen molar-refractivity contribution in [1.29, 1.82) is 0 Å². The maximum absolute atomic E-state index is 13.6. The smallest absolute Gasteiger partial charge is 0.210 e. The first kappa shape index (κ1) is 17.1. The number of ketones is 1. The third kappa shape index (κ3) is 2.64.